The fourth-order valence-electron chi connectivity index (χ4n) is 2.35. The number of hydrogen-bond donors (Lipinski definition) is 3. The van der Waals surface area contributed by atoms with Crippen molar-refractivity contribution < 1.29 is 44.2 Å². The molecule has 0 spiro atoms. The lowest BCUT2D eigenvalue weighted by molar-refractivity contribution is -0.318. The van der Waals surface area contributed by atoms with Crippen LogP contribution in [0.3, 0.4) is 0 Å². The number of hydrogen-bond acceptors (Lipinski definition) is 9. The van der Waals surface area contributed by atoms with Gasteiger partial charge in [0.2, 0.25) is 5.78 Å². The molecule has 1 aliphatic rings. The summed E-state index contributed by atoms with van der Waals surface area (Å²) < 4.78 is 10.1. The lowest BCUT2D eigenvalue weighted by Gasteiger charge is -2.34. The van der Waals surface area contributed by atoms with Gasteiger partial charge in [-0.15, -0.1) is 0 Å². The zero-order valence-corrected chi connectivity index (χ0v) is 13.3. The van der Waals surface area contributed by atoms with Gasteiger partial charge in [0.05, 0.1) is 6.10 Å². The van der Waals surface area contributed by atoms with Crippen molar-refractivity contribution in [3.63, 3.8) is 0 Å². The Kier molecular flexibility index (Phi) is 5.40. The van der Waals surface area contributed by atoms with Crippen LogP contribution in [0.2, 0.25) is 0 Å². The quantitative estimate of drug-likeness (QED) is 0.518. The molecule has 24 heavy (non-hydrogen) atoms. The molecule has 1 fully saturated rings. The number of carbonyl (C=O) groups excluding carboxylic acids is 2. The first-order valence-electron chi connectivity index (χ1n) is 7.06. The van der Waals surface area contributed by atoms with Crippen LogP contribution in [0.15, 0.2) is 12.1 Å². The Hall–Kier alpha value is -2.20. The Labute approximate surface area is 137 Å². The maximum absolute atomic E-state index is 12.0. The molecular weight excluding hydrogens is 324 g/mol. The molecule has 0 amide bonds. The van der Waals surface area contributed by atoms with Crippen LogP contribution in [0, 0.1) is 6.92 Å². The maximum atomic E-state index is 12.0. The number of methoxy groups -OCH3 is 1. The number of aliphatic hydroxyl groups excluding tert-OH is 1. The van der Waals surface area contributed by atoms with Crippen LogP contribution in [-0.4, -0.2) is 58.8 Å². The summed E-state index contributed by atoms with van der Waals surface area (Å²) >= 11 is 0. The minimum Gasteiger partial charge on any atom is -0.508 e. The summed E-state index contributed by atoms with van der Waals surface area (Å²) in [5.41, 5.74) is 0.0276. The number of phenols is 2. The van der Waals surface area contributed by atoms with E-state index in [4.69, 9.17) is 14.4 Å². The van der Waals surface area contributed by atoms with E-state index in [-0.39, 0.29) is 16.9 Å². The summed E-state index contributed by atoms with van der Waals surface area (Å²) in [6, 6.07) is 2.22. The van der Waals surface area contributed by atoms with Crippen molar-refractivity contribution >= 4 is 11.8 Å². The molecule has 2 rings (SSSR count). The molecule has 1 aliphatic heterocycles. The molecule has 0 unspecified atom stereocenters. The Balaban J connectivity index is 2.08. The summed E-state index contributed by atoms with van der Waals surface area (Å²) in [6.45, 7) is 2.96. The molecule has 4 atom stereocenters. The lowest BCUT2D eigenvalue weighted by Crippen LogP contribution is -2.55. The van der Waals surface area contributed by atoms with Crippen LogP contribution in [0.4, 0.5) is 0 Å². The first-order chi connectivity index (χ1) is 11.3. The second-order valence-electron chi connectivity index (χ2n) is 5.34. The molecule has 0 aromatic heterocycles. The number of aliphatic hydroxyl groups is 1. The summed E-state index contributed by atoms with van der Waals surface area (Å²) in [5, 5.41) is 28.8. The van der Waals surface area contributed by atoms with Crippen molar-refractivity contribution in [1.82, 2.24) is 0 Å². The van der Waals surface area contributed by atoms with Gasteiger partial charge < -0.3 is 24.8 Å². The van der Waals surface area contributed by atoms with Crippen LogP contribution in [0.1, 0.15) is 22.8 Å². The number of ketones is 1. The van der Waals surface area contributed by atoms with Gasteiger partial charge in [-0.3, -0.25) is 9.68 Å². The van der Waals surface area contributed by atoms with Crippen LogP contribution < -0.4 is 0 Å². The number of Topliss-reactive ketones (excluding diaryl/α,β-unsaturated/α-hetero) is 1. The molecule has 3 N–H and O–H groups in total. The first kappa shape index (κ1) is 18.1. The van der Waals surface area contributed by atoms with E-state index >= 15 is 0 Å². The van der Waals surface area contributed by atoms with E-state index in [1.54, 1.807) is 0 Å². The zero-order valence-electron chi connectivity index (χ0n) is 13.3. The first-order valence-corrected chi connectivity index (χ1v) is 7.06. The summed E-state index contributed by atoms with van der Waals surface area (Å²) in [4.78, 5) is 33.5. The van der Waals surface area contributed by atoms with Crippen LogP contribution in [0.25, 0.3) is 0 Å². The largest absolute Gasteiger partial charge is 0.508 e. The molecule has 0 bridgehead atoms. The number of ether oxygens (including phenoxy) is 2. The van der Waals surface area contributed by atoms with Crippen molar-refractivity contribution in [3.8, 4) is 11.5 Å². The van der Waals surface area contributed by atoms with Crippen molar-refractivity contribution in [2.24, 2.45) is 0 Å². The van der Waals surface area contributed by atoms with Gasteiger partial charge in [0.15, 0.2) is 18.5 Å². The summed E-state index contributed by atoms with van der Waals surface area (Å²) in [7, 11) is 1.27. The highest BCUT2D eigenvalue weighted by Gasteiger charge is 2.45. The second-order valence-corrected chi connectivity index (χ2v) is 5.34. The van der Waals surface area contributed by atoms with E-state index in [1.807, 2.05) is 0 Å². The van der Waals surface area contributed by atoms with E-state index in [2.05, 4.69) is 4.89 Å². The summed E-state index contributed by atoms with van der Waals surface area (Å²) in [5.74, 6) is -2.55. The molecule has 9 nitrogen and oxygen atoms in total. The highest BCUT2D eigenvalue weighted by atomic mass is 17.2. The van der Waals surface area contributed by atoms with Crippen molar-refractivity contribution in [3.05, 3.63) is 23.3 Å². The van der Waals surface area contributed by atoms with Gasteiger partial charge in [-0.25, -0.2) is 4.79 Å². The van der Waals surface area contributed by atoms with Crippen molar-refractivity contribution in [2.45, 2.75) is 38.4 Å². The average molecular weight is 342 g/mol. The van der Waals surface area contributed by atoms with Gasteiger partial charge in [-0.05, 0) is 25.5 Å². The van der Waals surface area contributed by atoms with Crippen molar-refractivity contribution in [2.75, 3.05) is 7.11 Å². The minimum atomic E-state index is -1.58. The highest BCUT2D eigenvalue weighted by Crippen LogP contribution is 2.28. The Bertz CT molecular complexity index is 619. The highest BCUT2D eigenvalue weighted by molar-refractivity contribution is 5.94. The van der Waals surface area contributed by atoms with Gasteiger partial charge in [-0.2, -0.15) is 4.89 Å². The van der Waals surface area contributed by atoms with Crippen LogP contribution >= 0.6 is 0 Å². The third kappa shape index (κ3) is 3.49. The monoisotopic (exact) mass is 342 g/mol. The molecule has 1 aromatic rings. The van der Waals surface area contributed by atoms with Gasteiger partial charge in [0.1, 0.15) is 17.1 Å². The third-order valence-corrected chi connectivity index (χ3v) is 3.57. The predicted octanol–water partition coefficient (Wildman–Crippen LogP) is 0.184. The molecule has 0 radical (unpaired) electrons. The standard InChI is InChI=1S/C15H18O9/c1-6-4-8(16)5-9(17)10(6)14(20)24-23-13-7(2)22-15(21-3)12(19)11(13)18/h4-5,7,12-13,15-17,19H,1-3H3/t7-,12-,13-,15+/m1/s1. The lowest BCUT2D eigenvalue weighted by atomic mass is 10.0. The third-order valence-electron chi connectivity index (χ3n) is 3.57. The summed E-state index contributed by atoms with van der Waals surface area (Å²) in [6.07, 6.45) is -4.91. The number of benzene rings is 1. The Morgan fingerprint density at radius 1 is 1.29 bits per heavy atom. The van der Waals surface area contributed by atoms with Crippen LogP contribution in [0.5, 0.6) is 11.5 Å². The molecule has 1 heterocycles. The average Bonchev–Trinajstić information content (AvgIpc) is 2.49. The molecule has 132 valence electrons. The van der Waals surface area contributed by atoms with Gasteiger partial charge >= 0.3 is 5.97 Å². The fourth-order valence-corrected chi connectivity index (χ4v) is 2.35. The topological polar surface area (TPSA) is 132 Å². The molecule has 0 saturated carbocycles. The van der Waals surface area contributed by atoms with Gasteiger partial charge in [-0.1, -0.05) is 0 Å². The smallest absolute Gasteiger partial charge is 0.377 e. The maximum Gasteiger partial charge on any atom is 0.377 e. The molecule has 1 saturated heterocycles. The SMILES string of the molecule is CO[C@H]1O[C@H](C)[C@@H](OOC(=O)c2c(C)cc(O)cc2O)C(=O)[C@H]1O. The Morgan fingerprint density at radius 3 is 2.54 bits per heavy atom. The van der Waals surface area contributed by atoms with E-state index in [9.17, 15) is 24.9 Å². The fraction of sp³-hybridized carbons (Fsp3) is 0.467. The van der Waals surface area contributed by atoms with Crippen LogP contribution in [-0.2, 0) is 24.0 Å². The second kappa shape index (κ2) is 7.14. The molecular formula is C15H18O9. The van der Waals surface area contributed by atoms with Gasteiger partial charge in [0.25, 0.3) is 0 Å². The molecule has 9 heteroatoms. The Morgan fingerprint density at radius 2 is 1.96 bits per heavy atom. The zero-order chi connectivity index (χ0) is 18.0. The van der Waals surface area contributed by atoms with E-state index < -0.39 is 42.1 Å². The number of aromatic hydroxyl groups is 2. The van der Waals surface area contributed by atoms with Crippen molar-refractivity contribution in [1.29, 1.82) is 0 Å². The minimum absolute atomic E-state index is 0.222. The van der Waals surface area contributed by atoms with E-state index in [0.717, 1.165) is 6.07 Å². The number of carbonyl (C=O) groups is 2. The predicted molar refractivity (Wildman–Crippen MR) is 77.2 cm³/mol. The molecule has 0 aliphatic carbocycles. The van der Waals surface area contributed by atoms with E-state index in [1.165, 1.54) is 27.0 Å². The van der Waals surface area contributed by atoms with Gasteiger partial charge in [0, 0.05) is 13.2 Å². The normalized spacial score (nSPS) is 27.1. The van der Waals surface area contributed by atoms with E-state index in [0.29, 0.717) is 0 Å². The number of aryl methyl sites for hydroxylation is 1. The number of rotatable bonds is 4. The molecule has 1 aromatic carbocycles. The number of phenolic OH excluding ortho intramolecular Hbond substituents is 2.